The zero-order chi connectivity index (χ0) is 16.2. The van der Waals surface area contributed by atoms with Crippen molar-refractivity contribution >= 4 is 29.1 Å². The van der Waals surface area contributed by atoms with Crippen LogP contribution in [0.2, 0.25) is 0 Å². The van der Waals surface area contributed by atoms with Gasteiger partial charge in [0, 0.05) is 18.9 Å². The molecule has 7 nitrogen and oxygen atoms in total. The second-order valence-electron chi connectivity index (χ2n) is 5.69. The number of hydrogen-bond donors (Lipinski definition) is 3. The third-order valence-electron chi connectivity index (χ3n) is 4.08. The zero-order valence-corrected chi connectivity index (χ0v) is 13.4. The van der Waals surface area contributed by atoms with E-state index in [1.165, 1.54) is 4.90 Å². The van der Waals surface area contributed by atoms with E-state index in [1.54, 1.807) is 12.4 Å². The first-order chi connectivity index (χ1) is 11.1. The Labute approximate surface area is 139 Å². The number of aromatic nitrogens is 1. The van der Waals surface area contributed by atoms with Gasteiger partial charge in [-0.2, -0.15) is 0 Å². The molecular weight excluding hydrogens is 314 g/mol. The minimum absolute atomic E-state index is 0.0614. The van der Waals surface area contributed by atoms with Crippen LogP contribution < -0.4 is 16.0 Å². The van der Waals surface area contributed by atoms with E-state index >= 15 is 0 Å². The van der Waals surface area contributed by atoms with Crippen molar-refractivity contribution in [3.63, 3.8) is 0 Å². The van der Waals surface area contributed by atoms with Gasteiger partial charge in [0.15, 0.2) is 5.11 Å². The summed E-state index contributed by atoms with van der Waals surface area (Å²) in [5.41, 5.74) is 0.906. The Hall–Kier alpha value is -2.06. The Morgan fingerprint density at radius 1 is 1.52 bits per heavy atom. The van der Waals surface area contributed by atoms with E-state index in [0.29, 0.717) is 11.7 Å². The van der Waals surface area contributed by atoms with Gasteiger partial charge in [0.25, 0.3) is 0 Å². The Balaban J connectivity index is 1.57. The topological polar surface area (TPSA) is 86.4 Å². The Bertz CT molecular complexity index is 609. The van der Waals surface area contributed by atoms with Gasteiger partial charge in [0.05, 0.1) is 12.1 Å². The fourth-order valence-electron chi connectivity index (χ4n) is 2.87. The standard InChI is InChI=1S/C15H19N5O2S/c21-12(18-8-10-3-1-5-16-7-10)9-20-14(22)11-4-2-6-17-13(11)19-15(20)23/h1,3,5,7,11,13,17H,2,4,6,8-9H2,(H,18,21)(H,19,23). The summed E-state index contributed by atoms with van der Waals surface area (Å²) >= 11 is 5.23. The Morgan fingerprint density at radius 2 is 2.39 bits per heavy atom. The van der Waals surface area contributed by atoms with Crippen molar-refractivity contribution in [1.29, 1.82) is 0 Å². The van der Waals surface area contributed by atoms with Crippen molar-refractivity contribution in [1.82, 2.24) is 25.8 Å². The number of carbonyl (C=O) groups excluding carboxylic acids is 2. The molecule has 0 radical (unpaired) electrons. The lowest BCUT2D eigenvalue weighted by Crippen LogP contribution is -2.66. The zero-order valence-electron chi connectivity index (χ0n) is 12.6. The fourth-order valence-corrected chi connectivity index (χ4v) is 3.15. The quantitative estimate of drug-likeness (QED) is 0.658. The van der Waals surface area contributed by atoms with Gasteiger partial charge in [-0.1, -0.05) is 6.07 Å². The summed E-state index contributed by atoms with van der Waals surface area (Å²) in [5.74, 6) is -0.488. The van der Waals surface area contributed by atoms with Gasteiger partial charge in [-0.25, -0.2) is 0 Å². The number of piperidine rings is 1. The van der Waals surface area contributed by atoms with E-state index in [-0.39, 0.29) is 30.4 Å². The highest BCUT2D eigenvalue weighted by Crippen LogP contribution is 2.21. The number of carbonyl (C=O) groups is 2. The second-order valence-corrected chi connectivity index (χ2v) is 6.08. The number of hydrogen-bond acceptors (Lipinski definition) is 5. The maximum absolute atomic E-state index is 12.5. The highest BCUT2D eigenvalue weighted by Gasteiger charge is 2.40. The van der Waals surface area contributed by atoms with Gasteiger partial charge >= 0.3 is 0 Å². The normalized spacial score (nSPS) is 23.9. The van der Waals surface area contributed by atoms with Crippen LogP contribution in [0.1, 0.15) is 18.4 Å². The number of nitrogens with one attached hydrogen (secondary N) is 3. The van der Waals surface area contributed by atoms with Crippen molar-refractivity contribution in [2.45, 2.75) is 25.6 Å². The Kier molecular flexibility index (Phi) is 4.82. The van der Waals surface area contributed by atoms with Crippen molar-refractivity contribution in [3.8, 4) is 0 Å². The SMILES string of the molecule is O=C(CN1C(=O)C2CCCNC2NC1=S)NCc1cccnc1. The van der Waals surface area contributed by atoms with Gasteiger partial charge < -0.3 is 10.6 Å². The largest absolute Gasteiger partial charge is 0.350 e. The summed E-state index contributed by atoms with van der Waals surface area (Å²) in [5, 5.41) is 9.45. The molecule has 2 aliphatic rings. The highest BCUT2D eigenvalue weighted by molar-refractivity contribution is 7.80. The van der Waals surface area contributed by atoms with E-state index in [0.717, 1.165) is 24.9 Å². The molecule has 2 amide bonds. The van der Waals surface area contributed by atoms with E-state index in [2.05, 4.69) is 20.9 Å². The first-order valence-corrected chi connectivity index (χ1v) is 8.07. The van der Waals surface area contributed by atoms with E-state index < -0.39 is 0 Å². The lowest BCUT2D eigenvalue weighted by Gasteiger charge is -2.41. The minimum atomic E-state index is -0.242. The molecular formula is C15H19N5O2S. The maximum Gasteiger partial charge on any atom is 0.240 e. The van der Waals surface area contributed by atoms with E-state index in [9.17, 15) is 9.59 Å². The van der Waals surface area contributed by atoms with Crippen molar-refractivity contribution in [2.24, 2.45) is 5.92 Å². The molecule has 2 saturated heterocycles. The van der Waals surface area contributed by atoms with Crippen molar-refractivity contribution in [3.05, 3.63) is 30.1 Å². The lowest BCUT2D eigenvalue weighted by atomic mass is 9.93. The van der Waals surface area contributed by atoms with Crippen LogP contribution in [0.5, 0.6) is 0 Å². The first kappa shape index (κ1) is 15.8. The third kappa shape index (κ3) is 3.65. The number of thiocarbonyl (C=S) groups is 1. The molecule has 23 heavy (non-hydrogen) atoms. The molecule has 0 saturated carbocycles. The van der Waals surface area contributed by atoms with E-state index in [1.807, 2.05) is 12.1 Å². The molecule has 3 N–H and O–H groups in total. The molecule has 1 aromatic rings. The summed E-state index contributed by atoms with van der Waals surface area (Å²) in [4.78, 5) is 30.0. The fraction of sp³-hybridized carbons (Fsp3) is 0.467. The monoisotopic (exact) mass is 333 g/mol. The number of amides is 2. The molecule has 2 fully saturated rings. The number of pyridine rings is 1. The minimum Gasteiger partial charge on any atom is -0.350 e. The summed E-state index contributed by atoms with van der Waals surface area (Å²) in [6.45, 7) is 1.19. The van der Waals surface area contributed by atoms with Crippen LogP contribution in [0.3, 0.4) is 0 Å². The maximum atomic E-state index is 12.5. The van der Waals surface area contributed by atoms with Crippen molar-refractivity contribution in [2.75, 3.05) is 13.1 Å². The molecule has 2 atom stereocenters. The van der Waals surface area contributed by atoms with Gasteiger partial charge in [-0.05, 0) is 43.2 Å². The van der Waals surface area contributed by atoms with Gasteiger partial charge in [-0.3, -0.25) is 24.8 Å². The van der Waals surface area contributed by atoms with Crippen LogP contribution in [0, 0.1) is 5.92 Å². The summed E-state index contributed by atoms with van der Waals surface area (Å²) in [6.07, 6.45) is 5.01. The van der Waals surface area contributed by atoms with Gasteiger partial charge in [0.2, 0.25) is 11.8 Å². The number of rotatable bonds is 4. The highest BCUT2D eigenvalue weighted by atomic mass is 32.1. The van der Waals surface area contributed by atoms with E-state index in [4.69, 9.17) is 12.2 Å². The third-order valence-corrected chi connectivity index (χ3v) is 4.42. The molecule has 0 aliphatic carbocycles. The first-order valence-electron chi connectivity index (χ1n) is 7.66. The average Bonchev–Trinajstić information content (AvgIpc) is 2.58. The summed E-state index contributed by atoms with van der Waals surface area (Å²) < 4.78 is 0. The molecule has 0 spiro atoms. The smallest absolute Gasteiger partial charge is 0.240 e. The van der Waals surface area contributed by atoms with Crippen LogP contribution >= 0.6 is 12.2 Å². The Morgan fingerprint density at radius 3 is 3.17 bits per heavy atom. The van der Waals surface area contributed by atoms with Crippen LogP contribution in [-0.2, 0) is 16.1 Å². The molecule has 2 aliphatic heterocycles. The van der Waals surface area contributed by atoms with Gasteiger partial charge in [-0.15, -0.1) is 0 Å². The average molecular weight is 333 g/mol. The van der Waals surface area contributed by atoms with Crippen molar-refractivity contribution < 1.29 is 9.59 Å². The van der Waals surface area contributed by atoms with Crippen LogP contribution in [0.4, 0.5) is 0 Å². The lowest BCUT2D eigenvalue weighted by molar-refractivity contribution is -0.138. The summed E-state index contributed by atoms with van der Waals surface area (Å²) in [7, 11) is 0. The molecule has 2 unspecified atom stereocenters. The molecule has 0 bridgehead atoms. The predicted octanol–water partition coefficient (Wildman–Crippen LogP) is -0.260. The number of fused-ring (bicyclic) bond motifs is 1. The predicted molar refractivity (Wildman–Crippen MR) is 88.0 cm³/mol. The van der Waals surface area contributed by atoms with Crippen LogP contribution in [0.15, 0.2) is 24.5 Å². The molecule has 3 heterocycles. The van der Waals surface area contributed by atoms with Crippen LogP contribution in [0.25, 0.3) is 0 Å². The molecule has 3 rings (SSSR count). The van der Waals surface area contributed by atoms with Crippen LogP contribution in [-0.4, -0.2) is 46.1 Å². The molecule has 0 aromatic carbocycles. The molecule has 8 heteroatoms. The number of nitrogens with zero attached hydrogens (tertiary/aromatic N) is 2. The summed E-state index contributed by atoms with van der Waals surface area (Å²) in [6, 6.07) is 3.69. The second kappa shape index (κ2) is 7.01. The molecule has 1 aromatic heterocycles. The molecule has 122 valence electrons. The van der Waals surface area contributed by atoms with Gasteiger partial charge in [0.1, 0.15) is 6.54 Å².